The van der Waals surface area contributed by atoms with Gasteiger partial charge in [-0.3, -0.25) is 0 Å². The second-order valence-electron chi connectivity index (χ2n) is 6.24. The molecular weight excluding hydrogens is 330 g/mol. The highest BCUT2D eigenvalue weighted by Crippen LogP contribution is 2.29. The fraction of sp³-hybridized carbons (Fsp3) is 0.647. The Morgan fingerprint density at radius 2 is 2.05 bits per heavy atom. The van der Waals surface area contributed by atoms with Crippen molar-refractivity contribution in [2.24, 2.45) is 0 Å². The summed E-state index contributed by atoms with van der Waals surface area (Å²) >= 11 is 5.64. The molecule has 1 fully saturated rings. The first kappa shape index (κ1) is 14.9. The molecule has 3 unspecified atom stereocenters. The predicted octanol–water partition coefficient (Wildman–Crippen LogP) is 4.57. The molecule has 0 saturated heterocycles. The van der Waals surface area contributed by atoms with E-state index in [9.17, 15) is 0 Å². The zero-order valence-corrected chi connectivity index (χ0v) is 14.6. The molecule has 1 saturated carbocycles. The number of hydrogen-bond acceptors (Lipinski definition) is 2. The third kappa shape index (κ3) is 3.61. The highest BCUT2D eigenvalue weighted by molar-refractivity contribution is 9.10. The molecule has 0 radical (unpaired) electrons. The van der Waals surface area contributed by atoms with Crippen LogP contribution in [0.25, 0.3) is 0 Å². The first-order valence-corrected chi connectivity index (χ1v) is 9.89. The molecule has 1 N–H and O–H groups in total. The van der Waals surface area contributed by atoms with Gasteiger partial charge in [0.2, 0.25) is 0 Å². The van der Waals surface area contributed by atoms with Crippen molar-refractivity contribution in [3.63, 3.8) is 0 Å². The van der Waals surface area contributed by atoms with Gasteiger partial charge in [-0.2, -0.15) is 11.8 Å². The van der Waals surface area contributed by atoms with Gasteiger partial charge in [0.15, 0.2) is 0 Å². The fourth-order valence-corrected chi connectivity index (χ4v) is 4.95. The minimum absolute atomic E-state index is 0.689. The number of fused-ring (bicyclic) bond motifs is 1. The van der Waals surface area contributed by atoms with Crippen LogP contribution in [0.5, 0.6) is 0 Å². The lowest BCUT2D eigenvalue weighted by Gasteiger charge is -2.34. The molecule has 3 rings (SSSR count). The third-order valence-electron chi connectivity index (χ3n) is 4.83. The molecule has 2 aliphatic rings. The number of thioether (sulfide) groups is 1. The van der Waals surface area contributed by atoms with Crippen molar-refractivity contribution in [3.05, 3.63) is 33.8 Å². The summed E-state index contributed by atoms with van der Waals surface area (Å²) in [5, 5.41) is 4.84. The van der Waals surface area contributed by atoms with Gasteiger partial charge in [-0.15, -0.1) is 0 Å². The molecule has 2 aliphatic carbocycles. The summed E-state index contributed by atoms with van der Waals surface area (Å²) in [4.78, 5) is 0. The van der Waals surface area contributed by atoms with Crippen LogP contribution in [0.15, 0.2) is 22.7 Å². The lowest BCUT2D eigenvalue weighted by Crippen LogP contribution is -2.44. The average Bonchev–Trinajstić information content (AvgIpc) is 2.47. The van der Waals surface area contributed by atoms with E-state index in [1.165, 1.54) is 49.4 Å². The zero-order valence-electron chi connectivity index (χ0n) is 12.2. The van der Waals surface area contributed by atoms with Gasteiger partial charge >= 0.3 is 0 Å². The first-order chi connectivity index (χ1) is 9.74. The van der Waals surface area contributed by atoms with Crippen LogP contribution >= 0.6 is 27.7 Å². The van der Waals surface area contributed by atoms with E-state index >= 15 is 0 Å². The highest BCUT2D eigenvalue weighted by atomic mass is 79.9. The quantitative estimate of drug-likeness (QED) is 0.853. The zero-order chi connectivity index (χ0) is 13.9. The number of nitrogens with one attached hydrogen (secondary N) is 1. The van der Waals surface area contributed by atoms with E-state index in [1.807, 2.05) is 0 Å². The Morgan fingerprint density at radius 3 is 2.90 bits per heavy atom. The molecular formula is C17H24BrNS. The summed E-state index contributed by atoms with van der Waals surface area (Å²) in [5.41, 5.74) is 3.09. The Kier molecular flexibility index (Phi) is 5.11. The van der Waals surface area contributed by atoms with Gasteiger partial charge in [0.05, 0.1) is 0 Å². The van der Waals surface area contributed by atoms with Crippen molar-refractivity contribution in [2.75, 3.05) is 6.26 Å². The van der Waals surface area contributed by atoms with Gasteiger partial charge in [-0.25, -0.2) is 0 Å². The predicted molar refractivity (Wildman–Crippen MR) is 92.6 cm³/mol. The van der Waals surface area contributed by atoms with Crippen molar-refractivity contribution >= 4 is 27.7 Å². The van der Waals surface area contributed by atoms with Crippen molar-refractivity contribution in [3.8, 4) is 0 Å². The summed E-state index contributed by atoms with van der Waals surface area (Å²) in [7, 11) is 0. The molecule has 0 amide bonds. The van der Waals surface area contributed by atoms with Crippen molar-refractivity contribution < 1.29 is 0 Å². The first-order valence-electron chi connectivity index (χ1n) is 7.80. The third-order valence-corrected chi connectivity index (χ3v) is 6.42. The molecule has 1 aromatic rings. The van der Waals surface area contributed by atoms with E-state index in [0.29, 0.717) is 6.04 Å². The minimum atomic E-state index is 0.689. The molecule has 3 heteroatoms. The second kappa shape index (κ2) is 6.85. The summed E-state index contributed by atoms with van der Waals surface area (Å²) in [6.07, 6.45) is 11.6. The Balaban J connectivity index is 1.58. The van der Waals surface area contributed by atoms with Gasteiger partial charge in [0.1, 0.15) is 0 Å². The summed E-state index contributed by atoms with van der Waals surface area (Å²) in [6, 6.07) is 8.23. The fourth-order valence-electron chi connectivity index (χ4n) is 3.71. The summed E-state index contributed by atoms with van der Waals surface area (Å²) < 4.78 is 1.22. The molecule has 0 aliphatic heterocycles. The van der Waals surface area contributed by atoms with E-state index in [4.69, 9.17) is 0 Å². The van der Waals surface area contributed by atoms with Crippen LogP contribution in [0.2, 0.25) is 0 Å². The van der Waals surface area contributed by atoms with Gasteiger partial charge < -0.3 is 5.32 Å². The maximum Gasteiger partial charge on any atom is 0.0178 e. The van der Waals surface area contributed by atoms with Crippen LogP contribution in [0.4, 0.5) is 0 Å². The molecule has 1 aromatic carbocycles. The van der Waals surface area contributed by atoms with Crippen molar-refractivity contribution in [1.29, 1.82) is 0 Å². The van der Waals surface area contributed by atoms with Crippen molar-refractivity contribution in [2.45, 2.75) is 62.3 Å². The number of benzene rings is 1. The van der Waals surface area contributed by atoms with Gasteiger partial charge in [0.25, 0.3) is 0 Å². The van der Waals surface area contributed by atoms with Crippen LogP contribution in [-0.4, -0.2) is 23.6 Å². The standard InChI is InChI=1S/C17H24BrNS/c1-20-17-4-2-3-15(11-17)19-16-8-6-12-9-14(18)7-5-13(12)10-16/h5,7,9,15-17,19H,2-4,6,8,10-11H2,1H3. The maximum absolute atomic E-state index is 3.95. The molecule has 1 nitrogen and oxygen atoms in total. The van der Waals surface area contributed by atoms with E-state index in [1.54, 1.807) is 11.1 Å². The molecule has 0 aromatic heterocycles. The van der Waals surface area contributed by atoms with E-state index in [2.05, 4.69) is 57.5 Å². The van der Waals surface area contributed by atoms with Crippen LogP contribution in [-0.2, 0) is 12.8 Å². The summed E-state index contributed by atoms with van der Waals surface area (Å²) in [5.74, 6) is 0. The van der Waals surface area contributed by atoms with Crippen molar-refractivity contribution in [1.82, 2.24) is 5.32 Å². The molecule has 3 atom stereocenters. The number of aryl methyl sites for hydroxylation is 1. The Labute approximate surface area is 135 Å². The number of halogens is 1. The lowest BCUT2D eigenvalue weighted by molar-refractivity contribution is 0.325. The maximum atomic E-state index is 3.95. The smallest absolute Gasteiger partial charge is 0.0178 e. The largest absolute Gasteiger partial charge is 0.311 e. The normalized spacial score (nSPS) is 30.0. The van der Waals surface area contributed by atoms with E-state index < -0.39 is 0 Å². The monoisotopic (exact) mass is 353 g/mol. The van der Waals surface area contributed by atoms with Crippen LogP contribution < -0.4 is 5.32 Å². The molecule has 0 bridgehead atoms. The SMILES string of the molecule is CSC1CCCC(NC2CCc3cc(Br)ccc3C2)C1. The van der Waals surface area contributed by atoms with E-state index in [-0.39, 0.29) is 0 Å². The Morgan fingerprint density at radius 1 is 1.15 bits per heavy atom. The molecule has 20 heavy (non-hydrogen) atoms. The van der Waals surface area contributed by atoms with Gasteiger partial charge in [0, 0.05) is 21.8 Å². The van der Waals surface area contributed by atoms with Gasteiger partial charge in [-0.1, -0.05) is 28.4 Å². The van der Waals surface area contributed by atoms with Gasteiger partial charge in [-0.05, 0) is 68.0 Å². The van der Waals surface area contributed by atoms with Crippen LogP contribution in [0, 0.1) is 0 Å². The summed E-state index contributed by atoms with van der Waals surface area (Å²) in [6.45, 7) is 0. The average molecular weight is 354 g/mol. The molecule has 110 valence electrons. The minimum Gasteiger partial charge on any atom is -0.311 e. The number of rotatable bonds is 3. The lowest BCUT2D eigenvalue weighted by atomic mass is 9.86. The van der Waals surface area contributed by atoms with Crippen LogP contribution in [0.1, 0.15) is 43.2 Å². The molecule has 0 spiro atoms. The topological polar surface area (TPSA) is 12.0 Å². The second-order valence-corrected chi connectivity index (χ2v) is 8.29. The number of hydrogen-bond donors (Lipinski definition) is 1. The Bertz CT molecular complexity index is 462. The van der Waals surface area contributed by atoms with E-state index in [0.717, 1.165) is 11.3 Å². The molecule has 0 heterocycles. The Hall–Kier alpha value is 0.01000. The van der Waals surface area contributed by atoms with Crippen LogP contribution in [0.3, 0.4) is 0 Å². The highest BCUT2D eigenvalue weighted by Gasteiger charge is 2.25.